The van der Waals surface area contributed by atoms with E-state index in [-0.39, 0.29) is 18.4 Å². The molecular weight excluding hydrogens is 404 g/mol. The zero-order chi connectivity index (χ0) is 22.6. The molecule has 3 heterocycles. The van der Waals surface area contributed by atoms with E-state index >= 15 is 0 Å². The summed E-state index contributed by atoms with van der Waals surface area (Å²) in [7, 11) is 1.79. The van der Waals surface area contributed by atoms with Crippen molar-refractivity contribution < 1.29 is 9.59 Å². The number of nitrogens with zero attached hydrogens (tertiary/aromatic N) is 5. The normalized spacial score (nSPS) is 22.1. The first kappa shape index (κ1) is 22.4. The van der Waals surface area contributed by atoms with Crippen LogP contribution in [0.4, 0.5) is 4.79 Å². The van der Waals surface area contributed by atoms with Crippen molar-refractivity contribution in [3.05, 3.63) is 35.4 Å². The van der Waals surface area contributed by atoms with E-state index < -0.39 is 0 Å². The van der Waals surface area contributed by atoms with Crippen molar-refractivity contribution >= 4 is 18.2 Å². The van der Waals surface area contributed by atoms with Crippen LogP contribution in [0.15, 0.2) is 34.6 Å². The first-order valence-electron chi connectivity index (χ1n) is 11.7. The third-order valence-electron chi connectivity index (χ3n) is 7.40. The van der Waals surface area contributed by atoms with E-state index in [0.29, 0.717) is 23.7 Å². The van der Waals surface area contributed by atoms with Crippen molar-refractivity contribution in [3.8, 4) is 0 Å². The molecule has 1 saturated heterocycles. The van der Waals surface area contributed by atoms with Crippen LogP contribution in [0.1, 0.15) is 44.9 Å². The van der Waals surface area contributed by atoms with Crippen molar-refractivity contribution in [2.45, 2.75) is 45.4 Å². The molecule has 1 aromatic rings. The van der Waals surface area contributed by atoms with Gasteiger partial charge < -0.3 is 20.1 Å². The van der Waals surface area contributed by atoms with Crippen molar-refractivity contribution in [1.29, 1.82) is 0 Å². The summed E-state index contributed by atoms with van der Waals surface area (Å²) < 4.78 is 0. The molecule has 0 radical (unpaired) electrons. The number of amides is 3. The van der Waals surface area contributed by atoms with Gasteiger partial charge in [-0.2, -0.15) is 0 Å². The van der Waals surface area contributed by atoms with Gasteiger partial charge in [0, 0.05) is 64.8 Å². The Kier molecular flexibility index (Phi) is 6.86. The molecule has 0 aromatic carbocycles. The largest absolute Gasteiger partial charge is 0.342 e. The third kappa shape index (κ3) is 5.00. The standard InChI is InChI=1S/C24H34N6O2/c1-3-18-16-30(17-19(18)5-10-25-2)23(32)28-15-20-14-24(20)6-11-29(12-7-24)22(31)13-21-26-8-4-9-27-21/h4,8-10,20H,3,5-7,11-17H2,1-2H3,(H,28,32). The fourth-order valence-electron chi connectivity index (χ4n) is 5.18. The number of urea groups is 1. The van der Waals surface area contributed by atoms with Gasteiger partial charge in [0.15, 0.2) is 0 Å². The number of carbonyl (C=O) groups is 2. The summed E-state index contributed by atoms with van der Waals surface area (Å²) in [5, 5.41) is 3.18. The Morgan fingerprint density at radius 2 is 1.91 bits per heavy atom. The number of aromatic nitrogens is 2. The SMILES string of the molecule is CCC1=C(CC=NC)CN(C(=O)NCC2CC23CCN(C(=O)Cc2ncccn2)CC3)C1. The summed E-state index contributed by atoms with van der Waals surface area (Å²) in [5.74, 6) is 1.21. The van der Waals surface area contributed by atoms with Gasteiger partial charge >= 0.3 is 6.03 Å². The number of nitrogens with one attached hydrogen (secondary N) is 1. The van der Waals surface area contributed by atoms with E-state index in [9.17, 15) is 9.59 Å². The molecule has 0 bridgehead atoms. The van der Waals surface area contributed by atoms with Crippen LogP contribution in [0.25, 0.3) is 0 Å². The summed E-state index contributed by atoms with van der Waals surface area (Å²) in [6, 6.07) is 1.80. The Bertz CT molecular complexity index is 889. The lowest BCUT2D eigenvalue weighted by Crippen LogP contribution is -2.42. The van der Waals surface area contributed by atoms with Gasteiger partial charge in [-0.1, -0.05) is 6.92 Å². The maximum atomic E-state index is 12.7. The fraction of sp³-hybridized carbons (Fsp3) is 0.625. The smallest absolute Gasteiger partial charge is 0.317 e. The van der Waals surface area contributed by atoms with Crippen molar-refractivity contribution in [1.82, 2.24) is 25.1 Å². The molecule has 1 aliphatic carbocycles. The second-order valence-electron chi connectivity index (χ2n) is 9.23. The van der Waals surface area contributed by atoms with E-state index in [1.165, 1.54) is 11.1 Å². The molecular formula is C24H34N6O2. The van der Waals surface area contributed by atoms with Crippen LogP contribution in [0.3, 0.4) is 0 Å². The Morgan fingerprint density at radius 3 is 2.59 bits per heavy atom. The lowest BCUT2D eigenvalue weighted by Gasteiger charge is -2.33. The Morgan fingerprint density at radius 1 is 1.19 bits per heavy atom. The number of piperidine rings is 1. The predicted octanol–water partition coefficient (Wildman–Crippen LogP) is 2.47. The first-order valence-corrected chi connectivity index (χ1v) is 11.7. The molecule has 1 unspecified atom stereocenters. The van der Waals surface area contributed by atoms with Crippen LogP contribution in [0, 0.1) is 11.3 Å². The van der Waals surface area contributed by atoms with Gasteiger partial charge in [0.05, 0.1) is 6.42 Å². The summed E-state index contributed by atoms with van der Waals surface area (Å²) in [5.41, 5.74) is 2.99. The molecule has 1 atom stereocenters. The highest BCUT2D eigenvalue weighted by Gasteiger charge is 2.54. The molecule has 1 N–H and O–H groups in total. The fourth-order valence-corrected chi connectivity index (χ4v) is 5.18. The van der Waals surface area contributed by atoms with E-state index in [1.807, 2.05) is 16.0 Å². The molecule has 172 valence electrons. The van der Waals surface area contributed by atoms with Gasteiger partial charge in [-0.3, -0.25) is 4.79 Å². The molecule has 1 spiro atoms. The number of rotatable bonds is 7. The van der Waals surface area contributed by atoms with Crippen LogP contribution in [-0.4, -0.2) is 77.7 Å². The van der Waals surface area contributed by atoms with E-state index in [2.05, 4.69) is 27.2 Å². The highest BCUT2D eigenvalue weighted by molar-refractivity contribution is 5.78. The third-order valence-corrected chi connectivity index (χ3v) is 7.40. The highest BCUT2D eigenvalue weighted by Crippen LogP contribution is 2.59. The minimum atomic E-state index is 0.0388. The van der Waals surface area contributed by atoms with Crippen LogP contribution in [0.5, 0.6) is 0 Å². The zero-order valence-electron chi connectivity index (χ0n) is 19.2. The van der Waals surface area contributed by atoms with E-state index in [1.54, 1.807) is 25.5 Å². The van der Waals surface area contributed by atoms with Gasteiger partial charge in [-0.05, 0) is 54.2 Å². The van der Waals surface area contributed by atoms with Gasteiger partial charge in [-0.25, -0.2) is 14.8 Å². The van der Waals surface area contributed by atoms with Gasteiger partial charge in [0.25, 0.3) is 0 Å². The molecule has 2 aliphatic heterocycles. The predicted molar refractivity (Wildman–Crippen MR) is 123 cm³/mol. The van der Waals surface area contributed by atoms with E-state index in [0.717, 1.165) is 58.3 Å². The lowest BCUT2D eigenvalue weighted by molar-refractivity contribution is -0.132. The van der Waals surface area contributed by atoms with Crippen LogP contribution in [-0.2, 0) is 11.2 Å². The lowest BCUT2D eigenvalue weighted by atomic mass is 9.90. The second kappa shape index (κ2) is 9.79. The number of carbonyl (C=O) groups excluding carboxylic acids is 2. The van der Waals surface area contributed by atoms with Gasteiger partial charge in [0.2, 0.25) is 5.91 Å². The number of hydrogen-bond donors (Lipinski definition) is 1. The minimum absolute atomic E-state index is 0.0388. The van der Waals surface area contributed by atoms with E-state index in [4.69, 9.17) is 0 Å². The van der Waals surface area contributed by atoms with Crippen molar-refractivity contribution in [2.24, 2.45) is 16.3 Å². The molecule has 1 saturated carbocycles. The number of hydrogen-bond acceptors (Lipinski definition) is 5. The molecule has 3 aliphatic rings. The second-order valence-corrected chi connectivity index (χ2v) is 9.23. The monoisotopic (exact) mass is 438 g/mol. The van der Waals surface area contributed by atoms with Crippen molar-refractivity contribution in [2.75, 3.05) is 39.8 Å². The maximum absolute atomic E-state index is 12.7. The molecule has 2 fully saturated rings. The molecule has 1 aromatic heterocycles. The Hall–Kier alpha value is -2.77. The topological polar surface area (TPSA) is 90.8 Å². The molecule has 8 nitrogen and oxygen atoms in total. The Balaban J connectivity index is 1.19. The van der Waals surface area contributed by atoms with Gasteiger partial charge in [0.1, 0.15) is 5.82 Å². The number of likely N-dealkylation sites (tertiary alicyclic amines) is 1. The summed E-state index contributed by atoms with van der Waals surface area (Å²) >= 11 is 0. The van der Waals surface area contributed by atoms with Crippen LogP contribution < -0.4 is 5.32 Å². The van der Waals surface area contributed by atoms with Crippen molar-refractivity contribution in [3.63, 3.8) is 0 Å². The maximum Gasteiger partial charge on any atom is 0.317 e. The Labute approximate surface area is 190 Å². The van der Waals surface area contributed by atoms with Crippen LogP contribution in [0.2, 0.25) is 0 Å². The highest BCUT2D eigenvalue weighted by atomic mass is 16.2. The summed E-state index contributed by atoms with van der Waals surface area (Å²) in [6.45, 7) is 5.89. The molecule has 4 rings (SSSR count). The molecule has 32 heavy (non-hydrogen) atoms. The quantitative estimate of drug-likeness (QED) is 0.523. The van der Waals surface area contributed by atoms with Crippen LogP contribution >= 0.6 is 0 Å². The number of aliphatic imine (C=N–C) groups is 1. The summed E-state index contributed by atoms with van der Waals surface area (Å²) in [6.07, 6.45) is 10.5. The summed E-state index contributed by atoms with van der Waals surface area (Å²) in [4.78, 5) is 41.5. The average molecular weight is 439 g/mol. The van der Waals surface area contributed by atoms with Gasteiger partial charge in [-0.15, -0.1) is 0 Å². The molecule has 3 amide bonds. The first-order chi connectivity index (χ1) is 15.5. The average Bonchev–Trinajstić information content (AvgIpc) is 3.30. The zero-order valence-corrected chi connectivity index (χ0v) is 19.2. The minimum Gasteiger partial charge on any atom is -0.342 e. The molecule has 8 heteroatoms.